The van der Waals surface area contributed by atoms with Gasteiger partial charge < -0.3 is 24.0 Å². The number of aryl methyl sites for hydroxylation is 3. The number of hydrogen-bond donors (Lipinski definition) is 2. The van der Waals surface area contributed by atoms with Gasteiger partial charge in [0.15, 0.2) is 11.6 Å². The van der Waals surface area contributed by atoms with Crippen LogP contribution in [-0.4, -0.2) is 75.1 Å². The first-order chi connectivity index (χ1) is 30.8. The monoisotopic (exact) mass is 868 g/mol. The molecule has 15 nitrogen and oxygen atoms in total. The fraction of sp³-hybridized carbons (Fsp3) is 0.383. The van der Waals surface area contributed by atoms with E-state index in [4.69, 9.17) is 14.4 Å². The molecule has 12 rings (SSSR count). The highest BCUT2D eigenvalue weighted by Crippen LogP contribution is 2.56. The molecule has 2 N–H and O–H groups in total. The number of benzene rings is 2. The molecule has 3 fully saturated rings. The van der Waals surface area contributed by atoms with Crippen LogP contribution in [0.1, 0.15) is 107 Å². The number of carbonyl (C=O) groups excluding carboxylic acids is 1. The van der Waals surface area contributed by atoms with Crippen LogP contribution in [0.15, 0.2) is 76.7 Å². The molecule has 3 aliphatic heterocycles. The topological polar surface area (TPSA) is 155 Å². The second-order valence-electron chi connectivity index (χ2n) is 18.4. The van der Waals surface area contributed by atoms with Crippen LogP contribution >= 0.6 is 0 Å². The number of ether oxygens (including phenoxy) is 1. The zero-order chi connectivity index (χ0) is 44.0. The molecule has 328 valence electrons. The number of anilines is 2. The number of hydrogen-bond acceptors (Lipinski definition) is 10. The normalized spacial score (nSPS) is 22.0. The Hall–Kier alpha value is -6.59. The molecule has 1 unspecified atom stereocenters. The third kappa shape index (κ3) is 5.72. The van der Waals surface area contributed by atoms with Gasteiger partial charge in [0.2, 0.25) is 6.35 Å². The summed E-state index contributed by atoms with van der Waals surface area (Å²) in [6, 6.07) is 10.4. The maximum absolute atomic E-state index is 16.2. The van der Waals surface area contributed by atoms with Crippen LogP contribution in [0.2, 0.25) is 0 Å². The summed E-state index contributed by atoms with van der Waals surface area (Å²) in [5, 5.41) is 26.0. The quantitative estimate of drug-likeness (QED) is 0.173. The Kier molecular flexibility index (Phi) is 8.36. The van der Waals surface area contributed by atoms with E-state index in [1.165, 1.54) is 16.7 Å². The molecule has 1 spiro atoms. The highest BCUT2D eigenvalue weighted by atomic mass is 19.1. The Balaban J connectivity index is 0.962. The van der Waals surface area contributed by atoms with Crippen LogP contribution in [0.25, 0.3) is 22.1 Å². The van der Waals surface area contributed by atoms with Crippen LogP contribution in [-0.2, 0) is 23.6 Å². The van der Waals surface area contributed by atoms with Crippen molar-refractivity contribution in [1.82, 2.24) is 39.0 Å². The molecule has 0 bridgehead atoms. The van der Waals surface area contributed by atoms with Gasteiger partial charge >= 0.3 is 5.76 Å². The van der Waals surface area contributed by atoms with Crippen molar-refractivity contribution in [2.75, 3.05) is 23.0 Å². The van der Waals surface area contributed by atoms with Gasteiger partial charge in [-0.25, -0.2) is 18.3 Å². The fourth-order valence-corrected chi connectivity index (χ4v) is 10.8. The molecule has 8 heterocycles. The lowest BCUT2D eigenvalue weighted by Gasteiger charge is -2.36. The van der Waals surface area contributed by atoms with Crippen LogP contribution in [0.4, 0.5) is 20.3 Å². The zero-order valence-corrected chi connectivity index (χ0v) is 35.8. The number of aromatic amines is 1. The second kappa shape index (κ2) is 13.7. The number of aliphatic hydroxyl groups is 1. The summed E-state index contributed by atoms with van der Waals surface area (Å²) in [7, 11) is 1.74. The summed E-state index contributed by atoms with van der Waals surface area (Å²) in [4.78, 5) is 35.5. The summed E-state index contributed by atoms with van der Waals surface area (Å²) in [5.74, 6) is -0.550. The van der Waals surface area contributed by atoms with Gasteiger partial charge in [0.1, 0.15) is 11.6 Å². The Labute approximate surface area is 365 Å². The van der Waals surface area contributed by atoms with Crippen molar-refractivity contribution < 1.29 is 27.9 Å². The summed E-state index contributed by atoms with van der Waals surface area (Å²) in [6.07, 6.45) is 13.1. The predicted octanol–water partition coefficient (Wildman–Crippen LogP) is 6.92. The van der Waals surface area contributed by atoms with E-state index in [2.05, 4.69) is 38.0 Å². The average Bonchev–Trinajstić information content (AvgIpc) is 3.84. The van der Waals surface area contributed by atoms with E-state index in [-0.39, 0.29) is 23.0 Å². The minimum absolute atomic E-state index is 0.00839. The molecular weight excluding hydrogens is 823 g/mol. The lowest BCUT2D eigenvalue weighted by atomic mass is 9.87. The lowest BCUT2D eigenvalue weighted by molar-refractivity contribution is -0.0132. The molecule has 1 saturated heterocycles. The number of amides is 1. The first-order valence-electron chi connectivity index (χ1n) is 21.9. The molecule has 7 aromatic rings. The molecule has 3 atom stereocenters. The Morgan fingerprint density at radius 2 is 1.75 bits per heavy atom. The molecule has 5 aromatic heterocycles. The number of halogens is 2. The third-order valence-electron chi connectivity index (χ3n) is 14.5. The van der Waals surface area contributed by atoms with Crippen molar-refractivity contribution in [3.05, 3.63) is 134 Å². The minimum Gasteiger partial charge on any atom is -0.375 e. The van der Waals surface area contributed by atoms with Crippen molar-refractivity contribution in [2.45, 2.75) is 95.0 Å². The van der Waals surface area contributed by atoms with Gasteiger partial charge in [-0.05, 0) is 112 Å². The van der Waals surface area contributed by atoms with Crippen molar-refractivity contribution in [3.8, 4) is 5.69 Å². The van der Waals surface area contributed by atoms with Gasteiger partial charge in [-0.1, -0.05) is 11.2 Å². The number of rotatable bonds is 7. The molecule has 1 amide bonds. The molecule has 2 saturated carbocycles. The number of aliphatic hydroxyl groups excluding tert-OH is 1. The molecule has 2 aliphatic carbocycles. The second-order valence-corrected chi connectivity index (χ2v) is 18.4. The standard InChI is InChI=1S/C47H46F2N10O5/c1-25-19-30(20-26(2)39(25)48)59-41(58-17-16-57(45(58)62)36-8-7-34-31(40(36)49)22-50-54(34)4)37-27(3)56(15-9-33(37)52-59)42(60)32-24-55-23-29(28-10-18-63-46(21-28)11-12-46)5-6-35(55)38(32)47(13-14-47)43-51-44(61)64-53-43/h5-8,16-17,19-20,22-24,27-28,45,62H,9-15,18,21H2,1-4H3,(H,51,53,61)/t27-,28-,45?/m0/s1. The number of pyridine rings is 1. The number of carbonyl (C=O) groups is 1. The van der Waals surface area contributed by atoms with E-state index in [0.717, 1.165) is 43.4 Å². The Morgan fingerprint density at radius 3 is 2.48 bits per heavy atom. The van der Waals surface area contributed by atoms with E-state index in [1.807, 2.05) is 18.0 Å². The van der Waals surface area contributed by atoms with Crippen LogP contribution < -0.4 is 15.6 Å². The maximum Gasteiger partial charge on any atom is 0.438 e. The van der Waals surface area contributed by atoms with E-state index >= 15 is 13.6 Å². The summed E-state index contributed by atoms with van der Waals surface area (Å²) in [5.41, 5.74) is 6.15. The molecule has 0 radical (unpaired) electrons. The summed E-state index contributed by atoms with van der Waals surface area (Å²) >= 11 is 0. The van der Waals surface area contributed by atoms with Crippen molar-refractivity contribution >= 4 is 33.8 Å². The van der Waals surface area contributed by atoms with Crippen LogP contribution in [0.3, 0.4) is 0 Å². The van der Waals surface area contributed by atoms with E-state index in [1.54, 1.807) is 71.8 Å². The van der Waals surface area contributed by atoms with Gasteiger partial charge in [0.05, 0.1) is 62.3 Å². The number of aromatic nitrogens is 7. The Bertz CT molecular complexity index is 3160. The molecule has 2 aromatic carbocycles. The Morgan fingerprint density at radius 1 is 0.984 bits per heavy atom. The predicted molar refractivity (Wildman–Crippen MR) is 231 cm³/mol. The third-order valence-corrected chi connectivity index (χ3v) is 14.5. The smallest absolute Gasteiger partial charge is 0.375 e. The summed E-state index contributed by atoms with van der Waals surface area (Å²) in [6.45, 7) is 6.39. The SMILES string of the molecule is Cc1cc(-n2nc3c(c2N2C=CN(c4ccc5c(cnn5C)c4F)C2O)[C@H](C)N(C(=O)c2cn4cc([C@H]5CCOC6(CC6)C5)ccc4c2C2(c4noc(=O)[nH]4)CC2)CC3)cc(C)c1F. The number of fused-ring (bicyclic) bond motifs is 3. The number of H-pyrrole nitrogens is 1. The van der Waals surface area contributed by atoms with Crippen LogP contribution in [0, 0.1) is 25.5 Å². The molecule has 17 heteroatoms. The first kappa shape index (κ1) is 39.0. The van der Waals surface area contributed by atoms with Gasteiger partial charge in [-0.2, -0.15) is 10.2 Å². The van der Waals surface area contributed by atoms with E-state index < -0.39 is 29.4 Å². The molecule has 5 aliphatic rings. The van der Waals surface area contributed by atoms with E-state index in [0.29, 0.717) is 87.9 Å². The minimum atomic E-state index is -1.42. The summed E-state index contributed by atoms with van der Waals surface area (Å²) < 4.78 is 47.8. The lowest BCUT2D eigenvalue weighted by Crippen LogP contribution is -2.42. The van der Waals surface area contributed by atoms with Crippen LogP contribution in [0.5, 0.6) is 0 Å². The number of nitrogens with one attached hydrogen (secondary N) is 1. The molecule has 64 heavy (non-hydrogen) atoms. The maximum atomic E-state index is 16.2. The fourth-order valence-electron chi connectivity index (χ4n) is 10.8. The highest BCUT2D eigenvalue weighted by molar-refractivity contribution is 5.99. The van der Waals surface area contributed by atoms with Crippen molar-refractivity contribution in [2.24, 2.45) is 7.05 Å². The molecular formula is C47H46F2N10O5. The van der Waals surface area contributed by atoms with Crippen molar-refractivity contribution in [3.63, 3.8) is 0 Å². The highest BCUT2D eigenvalue weighted by Gasteiger charge is 2.54. The first-order valence-corrected chi connectivity index (χ1v) is 21.9. The van der Waals surface area contributed by atoms with Gasteiger partial charge in [-0.15, -0.1) is 0 Å². The zero-order valence-electron chi connectivity index (χ0n) is 35.8. The van der Waals surface area contributed by atoms with Gasteiger partial charge in [0, 0.05) is 62.5 Å². The van der Waals surface area contributed by atoms with Gasteiger partial charge in [-0.3, -0.25) is 23.9 Å². The van der Waals surface area contributed by atoms with Crippen molar-refractivity contribution in [1.29, 1.82) is 0 Å². The average molecular weight is 869 g/mol. The number of nitrogens with zero attached hydrogens (tertiary/aromatic N) is 9. The van der Waals surface area contributed by atoms with E-state index in [9.17, 15) is 9.90 Å². The largest absolute Gasteiger partial charge is 0.438 e. The van der Waals surface area contributed by atoms with Gasteiger partial charge in [0.25, 0.3) is 5.91 Å².